The highest BCUT2D eigenvalue weighted by Gasteiger charge is 2.05. The Morgan fingerprint density at radius 1 is 0.960 bits per heavy atom. The molecule has 25 heavy (non-hydrogen) atoms. The zero-order valence-electron chi connectivity index (χ0n) is 12.9. The van der Waals surface area contributed by atoms with Crippen molar-refractivity contribution in [3.63, 3.8) is 0 Å². The number of hydrogen-bond donors (Lipinski definition) is 2. The molecule has 6 nitrogen and oxygen atoms in total. The first-order valence-corrected chi connectivity index (χ1v) is 7.95. The van der Waals surface area contributed by atoms with Crippen molar-refractivity contribution in [2.24, 2.45) is 5.10 Å². The SMILES string of the molecule is O=c1[nH]c2ccccc2cc1/C=N/n1c(=S)[nH]c2ccccc2c1=O. The number of nitrogens with zero attached hydrogens (tertiary/aromatic N) is 2. The lowest BCUT2D eigenvalue weighted by Crippen LogP contribution is -2.19. The van der Waals surface area contributed by atoms with Gasteiger partial charge in [-0.2, -0.15) is 9.78 Å². The van der Waals surface area contributed by atoms with Crippen molar-refractivity contribution in [2.75, 3.05) is 0 Å². The van der Waals surface area contributed by atoms with Gasteiger partial charge in [0.1, 0.15) is 0 Å². The Morgan fingerprint density at radius 2 is 1.68 bits per heavy atom. The van der Waals surface area contributed by atoms with E-state index < -0.39 is 0 Å². The maximum Gasteiger partial charge on any atom is 0.282 e. The summed E-state index contributed by atoms with van der Waals surface area (Å²) in [6, 6.07) is 16.2. The van der Waals surface area contributed by atoms with Crippen LogP contribution >= 0.6 is 12.2 Å². The Balaban J connectivity index is 1.87. The van der Waals surface area contributed by atoms with E-state index in [-0.39, 0.29) is 15.9 Å². The molecule has 0 aliphatic carbocycles. The predicted molar refractivity (Wildman–Crippen MR) is 101 cm³/mol. The van der Waals surface area contributed by atoms with Crippen LogP contribution in [-0.2, 0) is 0 Å². The van der Waals surface area contributed by atoms with E-state index in [1.807, 2.05) is 30.3 Å². The fourth-order valence-corrected chi connectivity index (χ4v) is 2.88. The summed E-state index contributed by atoms with van der Waals surface area (Å²) in [7, 11) is 0. The Morgan fingerprint density at radius 3 is 2.52 bits per heavy atom. The molecule has 0 aliphatic rings. The molecule has 2 N–H and O–H groups in total. The molecule has 7 heteroatoms. The van der Waals surface area contributed by atoms with Gasteiger partial charge in [-0.25, -0.2) is 0 Å². The maximum atomic E-state index is 12.5. The summed E-state index contributed by atoms with van der Waals surface area (Å²) in [4.78, 5) is 30.5. The summed E-state index contributed by atoms with van der Waals surface area (Å²) < 4.78 is 1.24. The van der Waals surface area contributed by atoms with Gasteiger partial charge in [0.05, 0.1) is 22.7 Å². The van der Waals surface area contributed by atoms with Gasteiger partial charge in [-0.05, 0) is 41.9 Å². The van der Waals surface area contributed by atoms with Crippen molar-refractivity contribution in [3.05, 3.63) is 85.6 Å². The lowest BCUT2D eigenvalue weighted by molar-refractivity contribution is 0.799. The number of nitrogens with one attached hydrogen (secondary N) is 2. The van der Waals surface area contributed by atoms with Crippen LogP contribution < -0.4 is 11.1 Å². The van der Waals surface area contributed by atoms with Gasteiger partial charge in [0, 0.05) is 5.52 Å². The summed E-state index contributed by atoms with van der Waals surface area (Å²) in [6.45, 7) is 0. The minimum absolute atomic E-state index is 0.164. The molecular weight excluding hydrogens is 336 g/mol. The predicted octanol–water partition coefficient (Wildman–Crippen LogP) is 2.78. The second-order valence-corrected chi connectivity index (χ2v) is 5.87. The molecule has 2 aromatic carbocycles. The van der Waals surface area contributed by atoms with Crippen molar-refractivity contribution < 1.29 is 0 Å². The highest BCUT2D eigenvalue weighted by atomic mass is 32.1. The lowest BCUT2D eigenvalue weighted by atomic mass is 10.2. The van der Waals surface area contributed by atoms with Crippen LogP contribution in [0.1, 0.15) is 5.56 Å². The van der Waals surface area contributed by atoms with E-state index in [4.69, 9.17) is 12.2 Å². The number of H-pyrrole nitrogens is 2. The number of aromatic nitrogens is 3. The molecule has 0 bridgehead atoms. The first-order valence-electron chi connectivity index (χ1n) is 7.54. The van der Waals surface area contributed by atoms with Crippen LogP contribution in [0, 0.1) is 4.77 Å². The minimum atomic E-state index is -0.340. The van der Waals surface area contributed by atoms with Crippen molar-refractivity contribution >= 4 is 40.2 Å². The fraction of sp³-hybridized carbons (Fsp3) is 0. The zero-order valence-corrected chi connectivity index (χ0v) is 13.7. The zero-order chi connectivity index (χ0) is 17.4. The molecule has 122 valence electrons. The van der Waals surface area contributed by atoms with Crippen LogP contribution in [0.5, 0.6) is 0 Å². The standard InChI is InChI=1S/C18H12N4O2S/c23-16-12(9-11-5-1-3-7-14(11)20-16)10-19-22-17(24)13-6-2-4-8-15(13)21-18(22)25/h1-10H,(H,20,23)(H,21,25)/b19-10+. The molecular formula is C18H12N4O2S. The van der Waals surface area contributed by atoms with Crippen LogP contribution in [0.15, 0.2) is 69.3 Å². The molecule has 0 fully saturated rings. The molecule has 0 atom stereocenters. The molecule has 0 radical (unpaired) electrons. The molecule has 4 rings (SSSR count). The molecule has 0 saturated heterocycles. The number of benzene rings is 2. The molecule has 0 unspecified atom stereocenters. The van der Waals surface area contributed by atoms with E-state index in [9.17, 15) is 9.59 Å². The monoisotopic (exact) mass is 348 g/mol. The largest absolute Gasteiger partial charge is 0.330 e. The Hall–Kier alpha value is -3.32. The first-order chi connectivity index (χ1) is 12.1. The van der Waals surface area contributed by atoms with Crippen molar-refractivity contribution in [3.8, 4) is 0 Å². The second kappa shape index (κ2) is 5.95. The van der Waals surface area contributed by atoms with E-state index in [2.05, 4.69) is 15.1 Å². The third-order valence-corrected chi connectivity index (χ3v) is 4.15. The van der Waals surface area contributed by atoms with Crippen LogP contribution in [0.2, 0.25) is 0 Å². The van der Waals surface area contributed by atoms with Gasteiger partial charge >= 0.3 is 0 Å². The summed E-state index contributed by atoms with van der Waals surface area (Å²) in [6.07, 6.45) is 1.34. The first kappa shape index (κ1) is 15.2. The summed E-state index contributed by atoms with van der Waals surface area (Å²) >= 11 is 5.20. The van der Waals surface area contributed by atoms with Crippen molar-refractivity contribution in [1.29, 1.82) is 0 Å². The molecule has 2 heterocycles. The van der Waals surface area contributed by atoms with Crippen LogP contribution in [-0.4, -0.2) is 20.9 Å². The van der Waals surface area contributed by atoms with Gasteiger partial charge in [0.2, 0.25) is 4.77 Å². The molecule has 0 spiro atoms. The van der Waals surface area contributed by atoms with Gasteiger partial charge in [-0.3, -0.25) is 9.59 Å². The summed E-state index contributed by atoms with van der Waals surface area (Å²) in [5.41, 5.74) is 1.10. The third kappa shape index (κ3) is 2.70. The maximum absolute atomic E-state index is 12.5. The van der Waals surface area contributed by atoms with E-state index in [0.717, 1.165) is 15.6 Å². The van der Waals surface area contributed by atoms with E-state index in [0.29, 0.717) is 16.5 Å². The van der Waals surface area contributed by atoms with Crippen molar-refractivity contribution in [2.45, 2.75) is 0 Å². The molecule has 0 amide bonds. The van der Waals surface area contributed by atoms with Gasteiger partial charge in [0.25, 0.3) is 11.1 Å². The fourth-order valence-electron chi connectivity index (χ4n) is 2.64. The quantitative estimate of drug-likeness (QED) is 0.432. The normalized spacial score (nSPS) is 11.5. The lowest BCUT2D eigenvalue weighted by Gasteiger charge is -2.02. The summed E-state index contributed by atoms with van der Waals surface area (Å²) in [5.74, 6) is 0. The molecule has 0 aliphatic heterocycles. The Labute approximate surface area is 146 Å². The average molecular weight is 348 g/mol. The van der Waals surface area contributed by atoms with Gasteiger partial charge in [0.15, 0.2) is 0 Å². The molecule has 4 aromatic rings. The molecule has 2 aromatic heterocycles. The average Bonchev–Trinajstić information content (AvgIpc) is 2.61. The molecule has 0 saturated carbocycles. The van der Waals surface area contributed by atoms with E-state index in [1.54, 1.807) is 24.3 Å². The highest BCUT2D eigenvalue weighted by Crippen LogP contribution is 2.09. The minimum Gasteiger partial charge on any atom is -0.330 e. The number of hydrogen-bond acceptors (Lipinski definition) is 4. The third-order valence-electron chi connectivity index (χ3n) is 3.88. The number of para-hydroxylation sites is 2. The second-order valence-electron chi connectivity index (χ2n) is 5.48. The van der Waals surface area contributed by atoms with Crippen LogP contribution in [0.25, 0.3) is 21.8 Å². The van der Waals surface area contributed by atoms with Gasteiger partial charge in [-0.15, -0.1) is 0 Å². The van der Waals surface area contributed by atoms with Crippen LogP contribution in [0.4, 0.5) is 0 Å². The number of fused-ring (bicyclic) bond motifs is 2. The number of pyridine rings is 1. The van der Waals surface area contributed by atoms with E-state index >= 15 is 0 Å². The topological polar surface area (TPSA) is 83.0 Å². The Bertz CT molecular complexity index is 1310. The van der Waals surface area contributed by atoms with Gasteiger partial charge < -0.3 is 9.97 Å². The van der Waals surface area contributed by atoms with Gasteiger partial charge in [-0.1, -0.05) is 30.3 Å². The smallest absolute Gasteiger partial charge is 0.282 e. The van der Waals surface area contributed by atoms with Crippen LogP contribution in [0.3, 0.4) is 0 Å². The van der Waals surface area contributed by atoms with E-state index in [1.165, 1.54) is 6.21 Å². The Kier molecular flexibility index (Phi) is 3.62. The van der Waals surface area contributed by atoms with Crippen molar-refractivity contribution in [1.82, 2.24) is 14.6 Å². The highest BCUT2D eigenvalue weighted by molar-refractivity contribution is 7.71. The number of rotatable bonds is 2. The number of aromatic amines is 2. The summed E-state index contributed by atoms with van der Waals surface area (Å²) in [5, 5.41) is 5.46.